The molecule has 2 heterocycles. The molecular formula is C13H21N3. The molecular weight excluding hydrogens is 198 g/mol. The van der Waals surface area contributed by atoms with Crippen molar-refractivity contribution in [2.45, 2.75) is 64.0 Å². The molecule has 2 N–H and O–H groups in total. The van der Waals surface area contributed by atoms with E-state index >= 15 is 0 Å². The number of nitrogens with zero attached hydrogens (tertiary/aromatic N) is 2. The maximum absolute atomic E-state index is 6.03. The largest absolute Gasteiger partial charge is 0.330 e. The topological polar surface area (TPSA) is 43.8 Å². The Morgan fingerprint density at radius 2 is 2.00 bits per heavy atom. The molecule has 0 bridgehead atoms. The second kappa shape index (κ2) is 3.88. The van der Waals surface area contributed by atoms with Crippen molar-refractivity contribution in [2.24, 2.45) is 5.73 Å². The van der Waals surface area contributed by atoms with Gasteiger partial charge >= 0.3 is 0 Å². The third-order valence-electron chi connectivity index (χ3n) is 4.21. The maximum Gasteiger partial charge on any atom is 0.106 e. The van der Waals surface area contributed by atoms with Gasteiger partial charge in [-0.2, -0.15) is 0 Å². The van der Waals surface area contributed by atoms with Gasteiger partial charge in [-0.25, -0.2) is 4.98 Å². The summed E-state index contributed by atoms with van der Waals surface area (Å²) in [5.74, 6) is 1.91. The average Bonchev–Trinajstić information content (AvgIpc) is 2.87. The van der Waals surface area contributed by atoms with Gasteiger partial charge < -0.3 is 10.3 Å². The third-order valence-corrected chi connectivity index (χ3v) is 4.21. The molecule has 2 aliphatic rings. The van der Waals surface area contributed by atoms with E-state index < -0.39 is 0 Å². The van der Waals surface area contributed by atoms with Gasteiger partial charge in [0.05, 0.1) is 5.69 Å². The molecule has 1 aliphatic heterocycles. The van der Waals surface area contributed by atoms with Crippen LogP contribution < -0.4 is 5.73 Å². The summed E-state index contributed by atoms with van der Waals surface area (Å²) in [5, 5.41) is 0. The quantitative estimate of drug-likeness (QED) is 0.786. The van der Waals surface area contributed by atoms with Crippen LogP contribution in [0.3, 0.4) is 0 Å². The highest BCUT2D eigenvalue weighted by Crippen LogP contribution is 2.36. The van der Waals surface area contributed by atoms with Gasteiger partial charge in [0.15, 0.2) is 0 Å². The van der Waals surface area contributed by atoms with Crippen molar-refractivity contribution in [1.82, 2.24) is 9.55 Å². The van der Waals surface area contributed by atoms with E-state index in [0.717, 1.165) is 25.3 Å². The number of aromatic nitrogens is 2. The molecule has 0 radical (unpaired) electrons. The van der Waals surface area contributed by atoms with Gasteiger partial charge in [-0.15, -0.1) is 0 Å². The summed E-state index contributed by atoms with van der Waals surface area (Å²) in [6, 6.07) is 0.330. The zero-order valence-corrected chi connectivity index (χ0v) is 10.1. The summed E-state index contributed by atoms with van der Waals surface area (Å²) in [5.41, 5.74) is 8.93. The lowest BCUT2D eigenvalue weighted by atomic mass is 9.97. The second-order valence-electron chi connectivity index (χ2n) is 5.38. The zero-order valence-electron chi connectivity index (χ0n) is 10.1. The fourth-order valence-electron chi connectivity index (χ4n) is 3.31. The highest BCUT2D eigenvalue weighted by molar-refractivity contribution is 5.24. The Morgan fingerprint density at radius 1 is 1.25 bits per heavy atom. The summed E-state index contributed by atoms with van der Waals surface area (Å²) < 4.78 is 2.36. The Labute approximate surface area is 97.0 Å². The van der Waals surface area contributed by atoms with Crippen LogP contribution in [0.5, 0.6) is 0 Å². The molecule has 1 saturated carbocycles. The van der Waals surface area contributed by atoms with Crippen molar-refractivity contribution < 1.29 is 0 Å². The van der Waals surface area contributed by atoms with Gasteiger partial charge in [-0.05, 0) is 32.6 Å². The monoisotopic (exact) mass is 219 g/mol. The van der Waals surface area contributed by atoms with Gasteiger partial charge in [0.2, 0.25) is 0 Å². The van der Waals surface area contributed by atoms with Gasteiger partial charge in [0, 0.05) is 24.2 Å². The summed E-state index contributed by atoms with van der Waals surface area (Å²) >= 11 is 0. The van der Waals surface area contributed by atoms with Crippen LogP contribution in [0.25, 0.3) is 0 Å². The lowest BCUT2D eigenvalue weighted by molar-refractivity contribution is 0.450. The van der Waals surface area contributed by atoms with E-state index in [1.165, 1.54) is 42.9 Å². The molecule has 3 heteroatoms. The van der Waals surface area contributed by atoms with Crippen LogP contribution >= 0.6 is 0 Å². The molecule has 1 aromatic rings. The lowest BCUT2D eigenvalue weighted by Crippen LogP contribution is -2.32. The number of hydrogen-bond acceptors (Lipinski definition) is 2. The Balaban J connectivity index is 1.97. The first-order chi connectivity index (χ1) is 7.75. The summed E-state index contributed by atoms with van der Waals surface area (Å²) in [7, 11) is 0. The highest BCUT2D eigenvalue weighted by atomic mass is 15.1. The van der Waals surface area contributed by atoms with E-state index in [1.54, 1.807) is 0 Å². The van der Waals surface area contributed by atoms with Gasteiger partial charge in [0.25, 0.3) is 0 Å². The molecule has 1 unspecified atom stereocenters. The molecule has 16 heavy (non-hydrogen) atoms. The van der Waals surface area contributed by atoms with Crippen LogP contribution in [0.15, 0.2) is 0 Å². The van der Waals surface area contributed by atoms with E-state index in [1.807, 2.05) is 0 Å². The smallest absolute Gasteiger partial charge is 0.106 e. The van der Waals surface area contributed by atoms with Crippen LogP contribution in [0.1, 0.15) is 55.2 Å². The van der Waals surface area contributed by atoms with Gasteiger partial charge in [-0.3, -0.25) is 0 Å². The maximum atomic E-state index is 6.03. The minimum atomic E-state index is 0.330. The van der Waals surface area contributed by atoms with Crippen molar-refractivity contribution in [2.75, 3.05) is 0 Å². The minimum absolute atomic E-state index is 0.330. The van der Waals surface area contributed by atoms with E-state index in [4.69, 9.17) is 10.7 Å². The SMILES string of the molecule is Cc1nc(C2CCCC2)c2n1CC(N)CC2. The Bertz CT molecular complexity index is 388. The predicted molar refractivity (Wildman–Crippen MR) is 64.5 cm³/mol. The number of rotatable bonds is 1. The molecule has 1 aromatic heterocycles. The highest BCUT2D eigenvalue weighted by Gasteiger charge is 2.27. The van der Waals surface area contributed by atoms with E-state index in [-0.39, 0.29) is 0 Å². The normalized spacial score (nSPS) is 26.0. The third kappa shape index (κ3) is 1.58. The molecule has 0 amide bonds. The van der Waals surface area contributed by atoms with Crippen molar-refractivity contribution in [3.05, 3.63) is 17.2 Å². The summed E-state index contributed by atoms with van der Waals surface area (Å²) in [6.45, 7) is 3.10. The second-order valence-corrected chi connectivity index (χ2v) is 5.38. The first-order valence-corrected chi connectivity index (χ1v) is 6.57. The minimum Gasteiger partial charge on any atom is -0.330 e. The molecule has 1 atom stereocenters. The van der Waals surface area contributed by atoms with Crippen molar-refractivity contribution in [1.29, 1.82) is 0 Å². The predicted octanol–water partition coefficient (Wildman–Crippen LogP) is 2.12. The first-order valence-electron chi connectivity index (χ1n) is 6.57. The number of hydrogen-bond donors (Lipinski definition) is 1. The number of aryl methyl sites for hydroxylation is 1. The van der Waals surface area contributed by atoms with Crippen LogP contribution in [0.2, 0.25) is 0 Å². The van der Waals surface area contributed by atoms with E-state index in [0.29, 0.717) is 6.04 Å². The van der Waals surface area contributed by atoms with E-state index in [2.05, 4.69) is 11.5 Å². The van der Waals surface area contributed by atoms with Gasteiger partial charge in [-0.1, -0.05) is 12.8 Å². The number of imidazole rings is 1. The fraction of sp³-hybridized carbons (Fsp3) is 0.769. The van der Waals surface area contributed by atoms with Crippen LogP contribution in [-0.4, -0.2) is 15.6 Å². The molecule has 1 aliphatic carbocycles. The standard InChI is InChI=1S/C13H21N3/c1-9-15-13(10-4-2-3-5-10)12-7-6-11(14)8-16(9)12/h10-11H,2-8,14H2,1H3. The van der Waals surface area contributed by atoms with Crippen LogP contribution in [0, 0.1) is 6.92 Å². The van der Waals surface area contributed by atoms with E-state index in [9.17, 15) is 0 Å². The molecule has 3 nitrogen and oxygen atoms in total. The van der Waals surface area contributed by atoms with Crippen molar-refractivity contribution >= 4 is 0 Å². The van der Waals surface area contributed by atoms with Crippen LogP contribution in [0.4, 0.5) is 0 Å². The zero-order chi connectivity index (χ0) is 11.1. The molecule has 0 saturated heterocycles. The fourth-order valence-corrected chi connectivity index (χ4v) is 3.31. The van der Waals surface area contributed by atoms with Gasteiger partial charge in [0.1, 0.15) is 5.82 Å². The number of nitrogens with two attached hydrogens (primary N) is 1. The first kappa shape index (κ1) is 10.3. The molecule has 0 aromatic carbocycles. The Kier molecular flexibility index (Phi) is 2.51. The Hall–Kier alpha value is -0.830. The lowest BCUT2D eigenvalue weighted by Gasteiger charge is -2.23. The Morgan fingerprint density at radius 3 is 2.75 bits per heavy atom. The average molecular weight is 219 g/mol. The summed E-state index contributed by atoms with van der Waals surface area (Å²) in [6.07, 6.45) is 7.72. The van der Waals surface area contributed by atoms with Crippen LogP contribution in [-0.2, 0) is 13.0 Å². The van der Waals surface area contributed by atoms with Crippen molar-refractivity contribution in [3.63, 3.8) is 0 Å². The molecule has 1 fully saturated rings. The molecule has 0 spiro atoms. The molecule has 88 valence electrons. The molecule has 3 rings (SSSR count). The summed E-state index contributed by atoms with van der Waals surface area (Å²) in [4.78, 5) is 4.82. The number of fused-ring (bicyclic) bond motifs is 1. The van der Waals surface area contributed by atoms with Crippen molar-refractivity contribution in [3.8, 4) is 0 Å².